The van der Waals surface area contributed by atoms with E-state index in [4.69, 9.17) is 25.5 Å². The molecule has 0 spiro atoms. The number of para-hydroxylation sites is 1. The Morgan fingerprint density at radius 3 is 2.79 bits per heavy atom. The average Bonchev–Trinajstić information content (AvgIpc) is 3.33. The van der Waals surface area contributed by atoms with Crippen LogP contribution in [0.1, 0.15) is 19.4 Å². The largest absolute Gasteiger partial charge is 0.490 e. The van der Waals surface area contributed by atoms with Gasteiger partial charge in [-0.05, 0) is 83.9 Å². The van der Waals surface area contributed by atoms with Crippen LogP contribution in [-0.2, 0) is 4.79 Å². The van der Waals surface area contributed by atoms with Gasteiger partial charge >= 0.3 is 5.97 Å². The van der Waals surface area contributed by atoms with Crippen LogP contribution >= 0.6 is 27.5 Å². The van der Waals surface area contributed by atoms with Gasteiger partial charge in [-0.25, -0.2) is 9.78 Å². The standard InChI is InChI=1S/C28H21BrClN3O6/c1-3-37-23-11-16(10-20(29)25(23)38-15(2)28(35)36)14-31-33-26(32-21-7-5-4-6-19(21)27(33)34)24-13-17-12-18(30)8-9-22(17)39-24/h4-15H,3H2,1-2H3,(H,35,36)/t15-/m1/s1. The first-order valence-electron chi connectivity index (χ1n) is 11.9. The second kappa shape index (κ2) is 10.9. The van der Waals surface area contributed by atoms with E-state index in [1.807, 2.05) is 0 Å². The summed E-state index contributed by atoms with van der Waals surface area (Å²) in [6.45, 7) is 3.54. The molecule has 0 aliphatic heterocycles. The summed E-state index contributed by atoms with van der Waals surface area (Å²) in [6, 6.07) is 17.3. The number of furan rings is 1. The highest BCUT2D eigenvalue weighted by molar-refractivity contribution is 9.10. The fourth-order valence-electron chi connectivity index (χ4n) is 3.91. The van der Waals surface area contributed by atoms with E-state index in [0.29, 0.717) is 49.7 Å². The Balaban J connectivity index is 1.63. The molecule has 0 aliphatic rings. The molecule has 0 fully saturated rings. The summed E-state index contributed by atoms with van der Waals surface area (Å²) < 4.78 is 18.9. The lowest BCUT2D eigenvalue weighted by atomic mass is 10.2. The summed E-state index contributed by atoms with van der Waals surface area (Å²) >= 11 is 9.57. The molecule has 5 rings (SSSR count). The monoisotopic (exact) mass is 609 g/mol. The number of aromatic nitrogens is 2. The highest BCUT2D eigenvalue weighted by Crippen LogP contribution is 2.37. The van der Waals surface area contributed by atoms with Gasteiger partial charge in [0.25, 0.3) is 5.56 Å². The zero-order valence-electron chi connectivity index (χ0n) is 20.7. The van der Waals surface area contributed by atoms with Crippen molar-refractivity contribution in [3.05, 3.63) is 86.1 Å². The van der Waals surface area contributed by atoms with Crippen LogP contribution in [0.5, 0.6) is 11.5 Å². The first-order valence-corrected chi connectivity index (χ1v) is 13.0. The van der Waals surface area contributed by atoms with Gasteiger partial charge in [0.05, 0.1) is 28.2 Å². The summed E-state index contributed by atoms with van der Waals surface area (Å²) in [5, 5.41) is 15.4. The van der Waals surface area contributed by atoms with Crippen LogP contribution in [0.15, 0.2) is 79.4 Å². The number of hydrogen-bond acceptors (Lipinski definition) is 7. The maximum Gasteiger partial charge on any atom is 0.344 e. The maximum absolute atomic E-state index is 13.5. The van der Waals surface area contributed by atoms with Crippen molar-refractivity contribution in [1.29, 1.82) is 0 Å². The molecule has 198 valence electrons. The van der Waals surface area contributed by atoms with E-state index < -0.39 is 12.1 Å². The van der Waals surface area contributed by atoms with Gasteiger partial charge in [0.1, 0.15) is 5.58 Å². The minimum atomic E-state index is -1.11. The second-order valence-corrected chi connectivity index (χ2v) is 9.76. The number of rotatable bonds is 8. The summed E-state index contributed by atoms with van der Waals surface area (Å²) in [7, 11) is 0. The zero-order chi connectivity index (χ0) is 27.7. The summed E-state index contributed by atoms with van der Waals surface area (Å²) in [5.41, 5.74) is 1.26. The van der Waals surface area contributed by atoms with Crippen molar-refractivity contribution >= 4 is 61.6 Å². The molecule has 0 saturated heterocycles. The third-order valence-corrected chi connectivity index (χ3v) is 6.57. The Hall–Kier alpha value is -4.15. The number of ether oxygens (including phenoxy) is 2. The molecule has 2 heterocycles. The average molecular weight is 611 g/mol. The van der Waals surface area contributed by atoms with E-state index in [9.17, 15) is 14.7 Å². The lowest BCUT2D eigenvalue weighted by Gasteiger charge is -2.17. The summed E-state index contributed by atoms with van der Waals surface area (Å²) in [6.07, 6.45) is 0.377. The van der Waals surface area contributed by atoms with Gasteiger partial charge in [0.2, 0.25) is 5.82 Å². The molecule has 0 saturated carbocycles. The maximum atomic E-state index is 13.5. The molecule has 1 N–H and O–H groups in total. The van der Waals surface area contributed by atoms with Gasteiger partial charge in [0.15, 0.2) is 23.4 Å². The van der Waals surface area contributed by atoms with Crippen LogP contribution in [0.2, 0.25) is 5.02 Å². The molecule has 1 atom stereocenters. The van der Waals surface area contributed by atoms with E-state index in [0.717, 1.165) is 5.39 Å². The molecule has 0 unspecified atom stereocenters. The van der Waals surface area contributed by atoms with Crippen LogP contribution in [0, 0.1) is 0 Å². The van der Waals surface area contributed by atoms with Crippen molar-refractivity contribution in [2.75, 3.05) is 6.61 Å². The van der Waals surface area contributed by atoms with Gasteiger partial charge in [-0.15, -0.1) is 0 Å². The lowest BCUT2D eigenvalue weighted by molar-refractivity contribution is -0.144. The van der Waals surface area contributed by atoms with Gasteiger partial charge in [0, 0.05) is 10.4 Å². The first-order chi connectivity index (χ1) is 18.7. The van der Waals surface area contributed by atoms with Crippen molar-refractivity contribution in [2.45, 2.75) is 20.0 Å². The van der Waals surface area contributed by atoms with E-state index in [2.05, 4.69) is 26.0 Å². The van der Waals surface area contributed by atoms with Gasteiger partial charge in [-0.2, -0.15) is 9.78 Å². The highest BCUT2D eigenvalue weighted by atomic mass is 79.9. The highest BCUT2D eigenvalue weighted by Gasteiger charge is 2.20. The first kappa shape index (κ1) is 26.5. The second-order valence-electron chi connectivity index (χ2n) is 8.47. The molecule has 0 amide bonds. The van der Waals surface area contributed by atoms with Crippen molar-refractivity contribution in [3.8, 4) is 23.1 Å². The number of carboxylic acid groups (broad SMARTS) is 1. The summed E-state index contributed by atoms with van der Waals surface area (Å²) in [5.74, 6) is 0.00452. The smallest absolute Gasteiger partial charge is 0.344 e. The van der Waals surface area contributed by atoms with Crippen molar-refractivity contribution in [2.24, 2.45) is 5.10 Å². The predicted octanol–water partition coefficient (Wildman–Crippen LogP) is 6.36. The Morgan fingerprint density at radius 1 is 1.23 bits per heavy atom. The molecule has 5 aromatic rings. The number of carbonyl (C=O) groups is 1. The minimum absolute atomic E-state index is 0.210. The Kier molecular flexibility index (Phi) is 7.40. The molecule has 0 bridgehead atoms. The fraction of sp³-hybridized carbons (Fsp3) is 0.143. The Morgan fingerprint density at radius 2 is 2.03 bits per heavy atom. The molecule has 0 radical (unpaired) electrons. The van der Waals surface area contributed by atoms with Gasteiger partial charge in [-0.1, -0.05) is 23.7 Å². The predicted molar refractivity (Wildman–Crippen MR) is 152 cm³/mol. The van der Waals surface area contributed by atoms with E-state index >= 15 is 0 Å². The fourth-order valence-corrected chi connectivity index (χ4v) is 4.64. The molecular weight excluding hydrogens is 590 g/mol. The number of hydrogen-bond donors (Lipinski definition) is 1. The van der Waals surface area contributed by atoms with E-state index in [1.165, 1.54) is 17.8 Å². The number of carboxylic acids is 1. The van der Waals surface area contributed by atoms with Crippen molar-refractivity contribution in [3.63, 3.8) is 0 Å². The number of nitrogens with zero attached hydrogens (tertiary/aromatic N) is 3. The lowest BCUT2D eigenvalue weighted by Crippen LogP contribution is -2.23. The van der Waals surface area contributed by atoms with Crippen LogP contribution in [0.4, 0.5) is 0 Å². The minimum Gasteiger partial charge on any atom is -0.490 e. The van der Waals surface area contributed by atoms with E-state index in [-0.39, 0.29) is 17.1 Å². The zero-order valence-corrected chi connectivity index (χ0v) is 23.1. The van der Waals surface area contributed by atoms with Crippen LogP contribution in [0.25, 0.3) is 33.5 Å². The number of benzene rings is 3. The molecule has 9 nitrogen and oxygen atoms in total. The topological polar surface area (TPSA) is 116 Å². The van der Waals surface area contributed by atoms with Crippen LogP contribution in [0.3, 0.4) is 0 Å². The van der Waals surface area contributed by atoms with Crippen molar-refractivity contribution < 1.29 is 23.8 Å². The molecule has 11 heteroatoms. The third-order valence-electron chi connectivity index (χ3n) is 5.75. The van der Waals surface area contributed by atoms with Crippen LogP contribution in [-0.4, -0.2) is 39.7 Å². The SMILES string of the molecule is CCOc1cc(C=Nn2c(-c3cc4cc(Cl)ccc4o3)nc3ccccc3c2=O)cc(Br)c1O[C@H](C)C(=O)O. The number of fused-ring (bicyclic) bond motifs is 2. The number of halogens is 2. The molecular formula is C28H21BrClN3O6. The molecule has 2 aromatic heterocycles. The van der Waals surface area contributed by atoms with Crippen molar-refractivity contribution in [1.82, 2.24) is 9.66 Å². The van der Waals surface area contributed by atoms with Crippen LogP contribution < -0.4 is 15.0 Å². The Labute approximate surface area is 235 Å². The molecule has 0 aliphatic carbocycles. The number of aliphatic carboxylic acids is 1. The quantitative estimate of drug-likeness (QED) is 0.203. The normalized spacial score (nSPS) is 12.3. The third kappa shape index (κ3) is 5.39. The Bertz CT molecular complexity index is 1810. The molecule has 3 aromatic carbocycles. The summed E-state index contributed by atoms with van der Waals surface area (Å²) in [4.78, 5) is 29.5. The molecule has 39 heavy (non-hydrogen) atoms. The van der Waals surface area contributed by atoms with Gasteiger partial charge < -0.3 is 19.0 Å². The van der Waals surface area contributed by atoms with Gasteiger partial charge in [-0.3, -0.25) is 4.79 Å². The van der Waals surface area contributed by atoms with E-state index in [1.54, 1.807) is 67.6 Å².